The molecule has 0 aliphatic rings. The van der Waals surface area contributed by atoms with Crippen LogP contribution >= 0.6 is 11.6 Å². The SMILES string of the molecule is CCN(C(=O)C(=O)Nc1ccc(F)c(Cl)c1)c1cccc(C)c1. The number of hydrogen-bond donors (Lipinski definition) is 1. The molecule has 0 heterocycles. The molecule has 0 radical (unpaired) electrons. The van der Waals surface area contributed by atoms with E-state index in [-0.39, 0.29) is 10.7 Å². The molecule has 6 heteroatoms. The number of carbonyl (C=O) groups is 2. The smallest absolute Gasteiger partial charge is 0.316 e. The number of amides is 2. The zero-order valence-electron chi connectivity index (χ0n) is 12.8. The molecule has 0 bridgehead atoms. The third-order valence-electron chi connectivity index (χ3n) is 3.25. The first-order chi connectivity index (χ1) is 10.9. The van der Waals surface area contributed by atoms with Crippen LogP contribution in [0.2, 0.25) is 5.02 Å². The van der Waals surface area contributed by atoms with E-state index in [2.05, 4.69) is 5.32 Å². The predicted octanol–water partition coefficient (Wildman–Crippen LogP) is 3.78. The normalized spacial score (nSPS) is 10.3. The van der Waals surface area contributed by atoms with Crippen LogP contribution in [0.15, 0.2) is 42.5 Å². The van der Waals surface area contributed by atoms with Gasteiger partial charge >= 0.3 is 11.8 Å². The molecular formula is C17H16ClFN2O2. The Morgan fingerprint density at radius 3 is 2.57 bits per heavy atom. The van der Waals surface area contributed by atoms with Gasteiger partial charge in [-0.05, 0) is 49.7 Å². The summed E-state index contributed by atoms with van der Waals surface area (Å²) in [5, 5.41) is 2.30. The number of aryl methyl sites for hydroxylation is 1. The van der Waals surface area contributed by atoms with Crippen molar-refractivity contribution in [3.05, 3.63) is 58.9 Å². The van der Waals surface area contributed by atoms with E-state index in [0.717, 1.165) is 11.6 Å². The van der Waals surface area contributed by atoms with Crippen LogP contribution in [0.5, 0.6) is 0 Å². The van der Waals surface area contributed by atoms with E-state index in [1.807, 2.05) is 25.1 Å². The Labute approximate surface area is 138 Å². The molecule has 0 fully saturated rings. The van der Waals surface area contributed by atoms with Crippen molar-refractivity contribution in [2.45, 2.75) is 13.8 Å². The number of benzene rings is 2. The number of hydrogen-bond acceptors (Lipinski definition) is 2. The van der Waals surface area contributed by atoms with Gasteiger partial charge in [-0.1, -0.05) is 23.7 Å². The van der Waals surface area contributed by atoms with Crippen molar-refractivity contribution in [1.82, 2.24) is 0 Å². The predicted molar refractivity (Wildman–Crippen MR) is 89.2 cm³/mol. The summed E-state index contributed by atoms with van der Waals surface area (Å²) in [6.45, 7) is 4.03. The van der Waals surface area contributed by atoms with Crippen molar-refractivity contribution in [3.8, 4) is 0 Å². The molecule has 0 spiro atoms. The molecule has 0 aliphatic carbocycles. The molecule has 23 heavy (non-hydrogen) atoms. The summed E-state index contributed by atoms with van der Waals surface area (Å²) >= 11 is 5.66. The Balaban J connectivity index is 2.17. The van der Waals surface area contributed by atoms with Gasteiger partial charge in [0, 0.05) is 17.9 Å². The van der Waals surface area contributed by atoms with Gasteiger partial charge in [-0.15, -0.1) is 0 Å². The lowest BCUT2D eigenvalue weighted by molar-refractivity contribution is -0.134. The molecule has 2 aromatic rings. The number of rotatable bonds is 3. The van der Waals surface area contributed by atoms with Crippen LogP contribution in [0.25, 0.3) is 0 Å². The lowest BCUT2D eigenvalue weighted by Crippen LogP contribution is -2.39. The maximum absolute atomic E-state index is 13.1. The number of likely N-dealkylation sites (N-methyl/N-ethyl adjacent to an activating group) is 1. The summed E-state index contributed by atoms with van der Waals surface area (Å²) in [7, 11) is 0. The number of nitrogens with zero attached hydrogens (tertiary/aromatic N) is 1. The Kier molecular flexibility index (Phi) is 5.34. The van der Waals surface area contributed by atoms with Crippen molar-refractivity contribution < 1.29 is 14.0 Å². The summed E-state index contributed by atoms with van der Waals surface area (Å²) in [5.74, 6) is -2.10. The van der Waals surface area contributed by atoms with Crippen molar-refractivity contribution in [2.75, 3.05) is 16.8 Å². The minimum atomic E-state index is -0.809. The van der Waals surface area contributed by atoms with Crippen molar-refractivity contribution >= 4 is 34.8 Å². The molecule has 2 rings (SSSR count). The van der Waals surface area contributed by atoms with Gasteiger partial charge in [0.1, 0.15) is 5.82 Å². The summed E-state index contributed by atoms with van der Waals surface area (Å²) in [6.07, 6.45) is 0. The zero-order chi connectivity index (χ0) is 17.0. The first kappa shape index (κ1) is 17.0. The number of halogens is 2. The zero-order valence-corrected chi connectivity index (χ0v) is 13.5. The van der Waals surface area contributed by atoms with Gasteiger partial charge < -0.3 is 10.2 Å². The molecule has 1 N–H and O–H groups in total. The lowest BCUT2D eigenvalue weighted by atomic mass is 10.2. The van der Waals surface area contributed by atoms with E-state index < -0.39 is 17.6 Å². The molecule has 0 unspecified atom stereocenters. The van der Waals surface area contributed by atoms with Gasteiger partial charge in [0.25, 0.3) is 0 Å². The highest BCUT2D eigenvalue weighted by atomic mass is 35.5. The maximum atomic E-state index is 13.1. The van der Waals surface area contributed by atoms with Crippen LogP contribution in [0, 0.1) is 12.7 Å². The largest absolute Gasteiger partial charge is 0.318 e. The average molecular weight is 335 g/mol. The van der Waals surface area contributed by atoms with E-state index in [4.69, 9.17) is 11.6 Å². The average Bonchev–Trinajstić information content (AvgIpc) is 2.51. The monoisotopic (exact) mass is 334 g/mol. The summed E-state index contributed by atoms with van der Waals surface area (Å²) < 4.78 is 13.1. The number of nitrogens with one attached hydrogen (secondary N) is 1. The molecule has 0 atom stereocenters. The highest BCUT2D eigenvalue weighted by Crippen LogP contribution is 2.20. The third-order valence-corrected chi connectivity index (χ3v) is 3.54. The molecule has 0 aliphatic heterocycles. The van der Waals surface area contributed by atoms with Crippen LogP contribution < -0.4 is 10.2 Å². The molecular weight excluding hydrogens is 319 g/mol. The second-order valence-electron chi connectivity index (χ2n) is 4.97. The van der Waals surface area contributed by atoms with E-state index in [9.17, 15) is 14.0 Å². The minimum absolute atomic E-state index is 0.124. The Hall–Kier alpha value is -2.40. The Morgan fingerprint density at radius 2 is 1.96 bits per heavy atom. The van der Waals surface area contributed by atoms with E-state index in [0.29, 0.717) is 12.2 Å². The van der Waals surface area contributed by atoms with Crippen LogP contribution in [0.4, 0.5) is 15.8 Å². The van der Waals surface area contributed by atoms with Gasteiger partial charge in [-0.2, -0.15) is 0 Å². The van der Waals surface area contributed by atoms with Crippen LogP contribution in [0.3, 0.4) is 0 Å². The summed E-state index contributed by atoms with van der Waals surface area (Å²) in [6, 6.07) is 11.0. The van der Waals surface area contributed by atoms with E-state index in [1.54, 1.807) is 13.0 Å². The number of carbonyl (C=O) groups excluding carboxylic acids is 2. The van der Waals surface area contributed by atoms with Crippen LogP contribution in [-0.4, -0.2) is 18.4 Å². The van der Waals surface area contributed by atoms with Gasteiger partial charge in [-0.3, -0.25) is 9.59 Å². The minimum Gasteiger partial charge on any atom is -0.318 e. The molecule has 0 saturated heterocycles. The molecule has 120 valence electrons. The van der Waals surface area contributed by atoms with Gasteiger partial charge in [0.15, 0.2) is 0 Å². The van der Waals surface area contributed by atoms with Gasteiger partial charge in [0.05, 0.1) is 5.02 Å². The highest BCUT2D eigenvalue weighted by molar-refractivity contribution is 6.44. The Bertz CT molecular complexity index is 749. The number of anilines is 2. The highest BCUT2D eigenvalue weighted by Gasteiger charge is 2.22. The second kappa shape index (κ2) is 7.24. The quantitative estimate of drug-likeness (QED) is 0.868. The fourth-order valence-corrected chi connectivity index (χ4v) is 2.30. The molecule has 2 aromatic carbocycles. The first-order valence-corrected chi connectivity index (χ1v) is 7.44. The Morgan fingerprint density at radius 1 is 1.22 bits per heavy atom. The molecule has 0 aromatic heterocycles. The van der Waals surface area contributed by atoms with Crippen LogP contribution in [-0.2, 0) is 9.59 Å². The second-order valence-corrected chi connectivity index (χ2v) is 5.38. The fourth-order valence-electron chi connectivity index (χ4n) is 2.12. The third kappa shape index (κ3) is 4.07. The van der Waals surface area contributed by atoms with Crippen LogP contribution in [0.1, 0.15) is 12.5 Å². The van der Waals surface area contributed by atoms with Gasteiger partial charge in [-0.25, -0.2) is 4.39 Å². The summed E-state index contributed by atoms with van der Waals surface area (Å²) in [5.41, 5.74) is 1.89. The molecule has 2 amide bonds. The van der Waals surface area contributed by atoms with Crippen molar-refractivity contribution in [3.63, 3.8) is 0 Å². The topological polar surface area (TPSA) is 49.4 Å². The first-order valence-electron chi connectivity index (χ1n) is 7.07. The fraction of sp³-hybridized carbons (Fsp3) is 0.176. The van der Waals surface area contributed by atoms with Gasteiger partial charge in [0.2, 0.25) is 0 Å². The standard InChI is InChI=1S/C17H16ClFN2O2/c1-3-21(13-6-4-5-11(2)9-13)17(23)16(22)20-12-7-8-15(19)14(18)10-12/h4-10H,3H2,1-2H3,(H,20,22). The maximum Gasteiger partial charge on any atom is 0.316 e. The lowest BCUT2D eigenvalue weighted by Gasteiger charge is -2.20. The van der Waals surface area contributed by atoms with Crippen molar-refractivity contribution in [1.29, 1.82) is 0 Å². The van der Waals surface area contributed by atoms with Crippen molar-refractivity contribution in [2.24, 2.45) is 0 Å². The molecule has 0 saturated carbocycles. The van der Waals surface area contributed by atoms with E-state index >= 15 is 0 Å². The van der Waals surface area contributed by atoms with E-state index in [1.165, 1.54) is 17.0 Å². The molecule has 4 nitrogen and oxygen atoms in total. The summed E-state index contributed by atoms with van der Waals surface area (Å²) in [4.78, 5) is 25.8.